The van der Waals surface area contributed by atoms with Gasteiger partial charge in [-0.3, -0.25) is 4.79 Å². The van der Waals surface area contributed by atoms with E-state index in [1.165, 1.54) is 49.3 Å². The van der Waals surface area contributed by atoms with E-state index < -0.39 is 5.97 Å². The maximum absolute atomic E-state index is 13.8. The van der Waals surface area contributed by atoms with Crippen molar-refractivity contribution >= 4 is 47.5 Å². The number of ether oxygens (including phenoxy) is 1. The molecule has 350 valence electrons. The van der Waals surface area contributed by atoms with Gasteiger partial charge in [-0.05, 0) is 91.0 Å². The average molecular weight is 929 g/mol. The number of rotatable bonds is 14. The van der Waals surface area contributed by atoms with Gasteiger partial charge in [0, 0.05) is 66.4 Å². The second-order valence-corrected chi connectivity index (χ2v) is 16.0. The van der Waals surface area contributed by atoms with Gasteiger partial charge in [-0.2, -0.15) is 0 Å². The van der Waals surface area contributed by atoms with Crippen LogP contribution in [0.5, 0.6) is 0 Å². The summed E-state index contributed by atoms with van der Waals surface area (Å²) in [4.78, 5) is 53.7. The van der Waals surface area contributed by atoms with Gasteiger partial charge < -0.3 is 24.3 Å². The molecule has 4 aromatic carbocycles. The van der Waals surface area contributed by atoms with Crippen molar-refractivity contribution in [2.75, 3.05) is 23.9 Å². The number of amides is 1. The summed E-state index contributed by atoms with van der Waals surface area (Å²) >= 11 is 0. The molecule has 0 atom stereocenters. The number of halogens is 2. The number of aliphatic hydroxyl groups is 1. The summed E-state index contributed by atoms with van der Waals surface area (Å²) < 4.78 is 35.9. The summed E-state index contributed by atoms with van der Waals surface area (Å²) in [5.74, 6) is 0.696. The van der Waals surface area contributed by atoms with Crippen LogP contribution in [-0.4, -0.2) is 69.7 Å². The van der Waals surface area contributed by atoms with Gasteiger partial charge in [0.1, 0.15) is 34.7 Å². The lowest BCUT2D eigenvalue weighted by Gasteiger charge is -2.19. The van der Waals surface area contributed by atoms with Crippen molar-refractivity contribution in [3.63, 3.8) is 0 Å². The van der Waals surface area contributed by atoms with Crippen LogP contribution < -0.4 is 10.2 Å². The maximum Gasteiger partial charge on any atom is 0.331 e. The Morgan fingerprint density at radius 1 is 0.681 bits per heavy atom. The quantitative estimate of drug-likeness (QED) is 0.0787. The van der Waals surface area contributed by atoms with E-state index in [1.807, 2.05) is 80.8 Å². The Balaban J connectivity index is 0.000000206. The largest absolute Gasteiger partial charge is 0.466 e. The number of imidazole rings is 2. The highest BCUT2D eigenvalue weighted by Gasteiger charge is 2.25. The van der Waals surface area contributed by atoms with Crippen molar-refractivity contribution in [3.8, 4) is 45.3 Å². The summed E-state index contributed by atoms with van der Waals surface area (Å²) in [7, 11) is 1.30. The molecule has 0 saturated heterocycles. The SMILES string of the molecule is CC(C)c1nc(-c2ccnc(Nc3ccccc3)n2)c(-c2ccc(F)cc2)n1/C=C/CO.COC(=O)/C=C/n1c(C(C)C)nc(-c2ccnc(N(C(C)=O)c3ccccc3)n2)c1-c1ccc(F)cc1. The minimum absolute atomic E-state index is 0.0328. The topological polar surface area (TPSA) is 166 Å². The number of carbonyl (C=O) groups is 2. The van der Waals surface area contributed by atoms with E-state index in [4.69, 9.17) is 24.7 Å². The number of hydrogen-bond acceptors (Lipinski definition) is 11. The van der Waals surface area contributed by atoms with E-state index in [-0.39, 0.29) is 41.9 Å². The molecule has 8 aromatic rings. The summed E-state index contributed by atoms with van der Waals surface area (Å²) in [5.41, 5.74) is 6.56. The summed E-state index contributed by atoms with van der Waals surface area (Å²) in [6.45, 7) is 9.38. The van der Waals surface area contributed by atoms with Crippen molar-refractivity contribution in [2.45, 2.75) is 46.5 Å². The molecule has 0 aliphatic carbocycles. The normalized spacial score (nSPS) is 11.3. The van der Waals surface area contributed by atoms with Gasteiger partial charge in [-0.1, -0.05) is 64.1 Å². The second kappa shape index (κ2) is 22.3. The Labute approximate surface area is 398 Å². The predicted octanol–water partition coefficient (Wildman–Crippen LogP) is 11.1. The minimum atomic E-state index is -0.528. The van der Waals surface area contributed by atoms with Crippen LogP contribution in [0.2, 0.25) is 0 Å². The Morgan fingerprint density at radius 3 is 1.70 bits per heavy atom. The van der Waals surface area contributed by atoms with E-state index in [0.29, 0.717) is 51.5 Å². The standard InChI is InChI=1S/C28H26FN5O3.C25H24FN5O/c1-18(2)27-32-25(26(20-10-12-21(29)13-11-20)33(27)17-15-24(36)37-4)23-14-16-30-28(31-23)34(19(3)35)22-8-6-5-7-9-22;1-17(2)24-30-22(21-13-14-27-25(29-21)28-20-7-4-3-5-8-20)23(31(24)15-6-16-32)18-9-11-19(26)12-10-18/h5-18H,1-4H3;3-15,17,32H,16H2,1-2H3,(H,27,28,29)/b17-15+;15-6+. The van der Waals surface area contributed by atoms with Crippen molar-refractivity contribution in [1.29, 1.82) is 0 Å². The molecule has 0 unspecified atom stereocenters. The molecule has 0 fully saturated rings. The van der Waals surface area contributed by atoms with Crippen LogP contribution in [-0.2, 0) is 14.3 Å². The number of aliphatic hydroxyl groups excluding tert-OH is 1. The van der Waals surface area contributed by atoms with Gasteiger partial charge >= 0.3 is 5.97 Å². The van der Waals surface area contributed by atoms with Crippen LogP contribution in [0.3, 0.4) is 0 Å². The second-order valence-electron chi connectivity index (χ2n) is 16.0. The number of hydrogen-bond donors (Lipinski definition) is 2. The molecule has 0 aliphatic rings. The third-order valence-corrected chi connectivity index (χ3v) is 10.4. The first-order valence-corrected chi connectivity index (χ1v) is 22.0. The zero-order valence-electron chi connectivity index (χ0n) is 38.8. The number of anilines is 4. The number of benzene rings is 4. The molecule has 1 amide bonds. The molecule has 2 N–H and O–H groups in total. The molecular weight excluding hydrogens is 879 g/mol. The first-order chi connectivity index (χ1) is 33.4. The van der Waals surface area contributed by atoms with Crippen LogP contribution in [0, 0.1) is 11.6 Å². The smallest absolute Gasteiger partial charge is 0.331 e. The van der Waals surface area contributed by atoms with Crippen LogP contribution in [0.4, 0.5) is 32.1 Å². The van der Waals surface area contributed by atoms with E-state index in [2.05, 4.69) is 15.3 Å². The van der Waals surface area contributed by atoms with Crippen molar-refractivity contribution in [3.05, 3.63) is 169 Å². The van der Waals surface area contributed by atoms with Gasteiger partial charge in [0.05, 0.1) is 42.2 Å². The lowest BCUT2D eigenvalue weighted by Crippen LogP contribution is -2.24. The van der Waals surface area contributed by atoms with Crippen molar-refractivity contribution < 1.29 is 28.2 Å². The first kappa shape index (κ1) is 48.4. The number of carbonyl (C=O) groups excluding carboxylic acids is 2. The van der Waals surface area contributed by atoms with Crippen molar-refractivity contribution in [2.24, 2.45) is 0 Å². The number of para-hydroxylation sites is 2. The van der Waals surface area contributed by atoms with Crippen LogP contribution in [0.25, 0.3) is 57.7 Å². The summed E-state index contributed by atoms with van der Waals surface area (Å²) in [6.07, 6.45) is 9.54. The van der Waals surface area contributed by atoms with E-state index in [1.54, 1.807) is 84.0 Å². The molecule has 0 aliphatic heterocycles. The van der Waals surface area contributed by atoms with Crippen LogP contribution in [0.15, 0.2) is 146 Å². The third kappa shape index (κ3) is 11.6. The number of aromatic nitrogens is 8. The molecule has 8 rings (SSSR count). The highest BCUT2D eigenvalue weighted by Crippen LogP contribution is 2.37. The lowest BCUT2D eigenvalue weighted by molar-refractivity contribution is -0.134. The Hall–Kier alpha value is -8.50. The number of methoxy groups -OCH3 is 1. The molecule has 69 heavy (non-hydrogen) atoms. The van der Waals surface area contributed by atoms with E-state index in [9.17, 15) is 23.5 Å². The molecule has 14 nitrogen and oxygen atoms in total. The molecule has 16 heteroatoms. The Kier molecular flexibility index (Phi) is 15.7. The Bertz CT molecular complexity index is 3080. The molecule has 0 saturated carbocycles. The fraction of sp³-hybridized carbons (Fsp3) is 0.170. The zero-order chi connectivity index (χ0) is 49.0. The predicted molar refractivity (Wildman–Crippen MR) is 264 cm³/mol. The fourth-order valence-electron chi connectivity index (χ4n) is 7.30. The monoisotopic (exact) mass is 928 g/mol. The summed E-state index contributed by atoms with van der Waals surface area (Å²) in [5, 5.41) is 12.6. The number of nitrogens with one attached hydrogen (secondary N) is 1. The zero-order valence-corrected chi connectivity index (χ0v) is 38.8. The summed E-state index contributed by atoms with van der Waals surface area (Å²) in [6, 6.07) is 34.5. The molecule has 0 spiro atoms. The van der Waals surface area contributed by atoms with E-state index in [0.717, 1.165) is 22.8 Å². The van der Waals surface area contributed by atoms with Gasteiger partial charge in [0.2, 0.25) is 17.8 Å². The molecule has 0 radical (unpaired) electrons. The molecular formula is C53H50F2N10O4. The minimum Gasteiger partial charge on any atom is -0.466 e. The molecule has 4 heterocycles. The highest BCUT2D eigenvalue weighted by atomic mass is 19.1. The molecule has 4 aromatic heterocycles. The van der Waals surface area contributed by atoms with Gasteiger partial charge in [-0.15, -0.1) is 0 Å². The maximum atomic E-state index is 13.8. The number of nitrogens with zero attached hydrogens (tertiary/aromatic N) is 9. The molecule has 0 bridgehead atoms. The lowest BCUT2D eigenvalue weighted by atomic mass is 10.1. The Morgan fingerprint density at radius 2 is 1.19 bits per heavy atom. The van der Waals surface area contributed by atoms with E-state index >= 15 is 0 Å². The highest BCUT2D eigenvalue weighted by molar-refractivity contribution is 5.97. The van der Waals surface area contributed by atoms with Crippen molar-refractivity contribution in [1.82, 2.24) is 39.0 Å². The van der Waals surface area contributed by atoms with Gasteiger partial charge in [0.15, 0.2) is 0 Å². The van der Waals surface area contributed by atoms with Gasteiger partial charge in [-0.25, -0.2) is 48.4 Å². The van der Waals surface area contributed by atoms with Gasteiger partial charge in [0.25, 0.3) is 0 Å². The van der Waals surface area contributed by atoms with Crippen LogP contribution >= 0.6 is 0 Å². The number of esters is 1. The average Bonchev–Trinajstić information content (AvgIpc) is 3.94. The third-order valence-electron chi connectivity index (χ3n) is 10.4. The van der Waals surface area contributed by atoms with Crippen LogP contribution in [0.1, 0.15) is 58.1 Å². The fourth-order valence-corrected chi connectivity index (χ4v) is 7.30. The first-order valence-electron chi connectivity index (χ1n) is 22.0.